The summed E-state index contributed by atoms with van der Waals surface area (Å²) < 4.78 is 3.03. The Hall–Kier alpha value is -2.46. The minimum Gasteiger partial charge on any atom is -0.350 e. The van der Waals surface area contributed by atoms with E-state index >= 15 is 0 Å². The number of hydrogen-bond donors (Lipinski definition) is 0. The van der Waals surface area contributed by atoms with Crippen LogP contribution in [-0.2, 0) is 7.05 Å². The van der Waals surface area contributed by atoms with Gasteiger partial charge in [0.25, 0.3) is 0 Å². The first kappa shape index (κ1) is 12.3. The van der Waals surface area contributed by atoms with Crippen molar-refractivity contribution in [2.75, 3.05) is 0 Å². The molecule has 0 aliphatic rings. The molecule has 0 saturated heterocycles. The Morgan fingerprint density at radius 1 is 1.10 bits per heavy atom. The Morgan fingerprint density at radius 3 is 2.86 bits per heavy atom. The largest absolute Gasteiger partial charge is 0.350 e. The maximum atomic E-state index is 12.9. The van der Waals surface area contributed by atoms with E-state index in [2.05, 4.69) is 4.98 Å². The van der Waals surface area contributed by atoms with Crippen molar-refractivity contribution in [3.63, 3.8) is 0 Å². The van der Waals surface area contributed by atoms with Gasteiger partial charge in [-0.3, -0.25) is 4.79 Å². The lowest BCUT2D eigenvalue weighted by molar-refractivity contribution is 0.104. The van der Waals surface area contributed by atoms with Gasteiger partial charge in [0.15, 0.2) is 5.78 Å². The predicted octanol–water partition coefficient (Wildman–Crippen LogP) is 4.02. The van der Waals surface area contributed by atoms with E-state index in [0.717, 1.165) is 26.7 Å². The van der Waals surface area contributed by atoms with Crippen LogP contribution < -0.4 is 0 Å². The van der Waals surface area contributed by atoms with E-state index in [1.165, 1.54) is 0 Å². The molecule has 4 heteroatoms. The van der Waals surface area contributed by atoms with E-state index in [1.54, 1.807) is 16.8 Å². The van der Waals surface area contributed by atoms with Crippen molar-refractivity contribution in [1.82, 2.24) is 9.55 Å². The van der Waals surface area contributed by atoms with Gasteiger partial charge in [-0.15, -0.1) is 11.3 Å². The van der Waals surface area contributed by atoms with E-state index in [4.69, 9.17) is 0 Å². The van der Waals surface area contributed by atoms with Crippen LogP contribution in [0.25, 0.3) is 21.1 Å². The summed E-state index contributed by atoms with van der Waals surface area (Å²) in [6.07, 6.45) is 1.90. The zero-order valence-electron chi connectivity index (χ0n) is 11.4. The molecule has 0 bridgehead atoms. The quantitative estimate of drug-likeness (QED) is 0.523. The molecule has 3 nitrogen and oxygen atoms in total. The number of ketones is 1. The fraction of sp³-hybridized carbons (Fsp3) is 0.0588. The number of para-hydroxylation sites is 2. The second-order valence-corrected chi connectivity index (χ2v) is 5.89. The van der Waals surface area contributed by atoms with Crippen LogP contribution in [0.4, 0.5) is 0 Å². The smallest absolute Gasteiger partial charge is 0.197 e. The number of aryl methyl sites for hydroxylation is 1. The van der Waals surface area contributed by atoms with Gasteiger partial charge in [-0.1, -0.05) is 24.3 Å². The van der Waals surface area contributed by atoms with Crippen molar-refractivity contribution in [1.29, 1.82) is 0 Å². The molecule has 2 aromatic carbocycles. The fourth-order valence-electron chi connectivity index (χ4n) is 2.74. The van der Waals surface area contributed by atoms with Crippen LogP contribution >= 0.6 is 11.3 Å². The lowest BCUT2D eigenvalue weighted by atomic mass is 10.0. The summed E-state index contributed by atoms with van der Waals surface area (Å²) in [5.74, 6) is 0.0308. The second-order valence-electron chi connectivity index (χ2n) is 5.00. The average molecular weight is 292 g/mol. The van der Waals surface area contributed by atoms with Crippen LogP contribution in [0.2, 0.25) is 0 Å². The monoisotopic (exact) mass is 292 g/mol. The Kier molecular flexibility index (Phi) is 2.65. The number of aromatic nitrogens is 2. The SMILES string of the molecule is Cn1cc(C(=O)c2cccc3scnc23)c2ccccc21. The zero-order chi connectivity index (χ0) is 14.4. The van der Waals surface area contributed by atoms with Gasteiger partial charge in [-0.2, -0.15) is 0 Å². The van der Waals surface area contributed by atoms with Crippen LogP contribution in [-0.4, -0.2) is 15.3 Å². The van der Waals surface area contributed by atoms with Crippen LogP contribution in [0, 0.1) is 0 Å². The number of thiazole rings is 1. The molecule has 0 aliphatic heterocycles. The number of benzene rings is 2. The molecule has 0 fully saturated rings. The van der Waals surface area contributed by atoms with Crippen molar-refractivity contribution in [2.24, 2.45) is 7.05 Å². The average Bonchev–Trinajstić information content (AvgIpc) is 3.11. The van der Waals surface area contributed by atoms with Gasteiger partial charge in [0.1, 0.15) is 0 Å². The van der Waals surface area contributed by atoms with Crippen molar-refractivity contribution in [3.8, 4) is 0 Å². The molecule has 4 rings (SSSR count). The molecule has 0 atom stereocenters. The zero-order valence-corrected chi connectivity index (χ0v) is 12.2. The molecule has 0 aliphatic carbocycles. The van der Waals surface area contributed by atoms with E-state index in [9.17, 15) is 4.79 Å². The summed E-state index contributed by atoms with van der Waals surface area (Å²) in [5.41, 5.74) is 5.04. The molecule has 0 amide bonds. The van der Waals surface area contributed by atoms with Crippen LogP contribution in [0.3, 0.4) is 0 Å². The van der Waals surface area contributed by atoms with Crippen molar-refractivity contribution in [2.45, 2.75) is 0 Å². The molecular weight excluding hydrogens is 280 g/mol. The first-order valence-electron chi connectivity index (χ1n) is 6.66. The predicted molar refractivity (Wildman–Crippen MR) is 86.0 cm³/mol. The number of nitrogens with zero attached hydrogens (tertiary/aromatic N) is 2. The van der Waals surface area contributed by atoms with Gasteiger partial charge >= 0.3 is 0 Å². The molecule has 4 aromatic rings. The van der Waals surface area contributed by atoms with Crippen LogP contribution in [0.1, 0.15) is 15.9 Å². The summed E-state index contributed by atoms with van der Waals surface area (Å²) in [5, 5.41) is 0.984. The molecule has 0 saturated carbocycles. The van der Waals surface area contributed by atoms with Crippen molar-refractivity contribution < 1.29 is 4.79 Å². The lowest BCUT2D eigenvalue weighted by Gasteiger charge is -2.01. The summed E-state index contributed by atoms with van der Waals surface area (Å²) >= 11 is 1.55. The number of hydrogen-bond acceptors (Lipinski definition) is 3. The minimum atomic E-state index is 0.0308. The van der Waals surface area contributed by atoms with Gasteiger partial charge < -0.3 is 4.57 Å². The third kappa shape index (κ3) is 1.80. The maximum Gasteiger partial charge on any atom is 0.197 e. The third-order valence-electron chi connectivity index (χ3n) is 3.75. The van der Waals surface area contributed by atoms with Gasteiger partial charge in [-0.05, 0) is 18.2 Å². The molecule has 0 unspecified atom stereocenters. The molecule has 2 heterocycles. The summed E-state index contributed by atoms with van der Waals surface area (Å²) in [7, 11) is 1.96. The minimum absolute atomic E-state index is 0.0308. The number of fused-ring (bicyclic) bond motifs is 2. The maximum absolute atomic E-state index is 12.9. The highest BCUT2D eigenvalue weighted by Crippen LogP contribution is 2.27. The molecule has 0 radical (unpaired) electrons. The van der Waals surface area contributed by atoms with Gasteiger partial charge in [-0.25, -0.2) is 4.98 Å². The Morgan fingerprint density at radius 2 is 1.95 bits per heavy atom. The Balaban J connectivity index is 1.97. The summed E-state index contributed by atoms with van der Waals surface area (Å²) in [6, 6.07) is 13.7. The highest BCUT2D eigenvalue weighted by atomic mass is 32.1. The van der Waals surface area contributed by atoms with Gasteiger partial charge in [0.2, 0.25) is 0 Å². The number of carbonyl (C=O) groups excluding carboxylic acids is 1. The number of rotatable bonds is 2. The first-order chi connectivity index (χ1) is 10.3. The molecule has 0 N–H and O–H groups in total. The fourth-order valence-corrected chi connectivity index (χ4v) is 3.44. The van der Waals surface area contributed by atoms with Crippen molar-refractivity contribution >= 4 is 38.2 Å². The standard InChI is InChI=1S/C17H12N2OS/c1-19-9-13(11-5-2-3-7-14(11)19)17(20)12-6-4-8-15-16(12)18-10-21-15/h2-10H,1H3. The third-order valence-corrected chi connectivity index (χ3v) is 4.54. The number of carbonyl (C=O) groups is 1. The summed E-state index contributed by atoms with van der Waals surface area (Å²) in [6.45, 7) is 0. The highest BCUT2D eigenvalue weighted by Gasteiger charge is 2.18. The summed E-state index contributed by atoms with van der Waals surface area (Å²) in [4.78, 5) is 17.3. The van der Waals surface area contributed by atoms with Gasteiger partial charge in [0, 0.05) is 35.3 Å². The van der Waals surface area contributed by atoms with E-state index in [1.807, 2.05) is 60.3 Å². The Bertz CT molecular complexity index is 981. The molecular formula is C17H12N2OS. The lowest BCUT2D eigenvalue weighted by Crippen LogP contribution is -2.01. The van der Waals surface area contributed by atoms with Crippen molar-refractivity contribution in [3.05, 3.63) is 65.3 Å². The normalized spacial score (nSPS) is 11.3. The second kappa shape index (κ2) is 4.53. The van der Waals surface area contributed by atoms with E-state index in [0.29, 0.717) is 5.56 Å². The molecule has 0 spiro atoms. The Labute approximate surface area is 125 Å². The molecule has 2 aromatic heterocycles. The van der Waals surface area contributed by atoms with E-state index in [-0.39, 0.29) is 5.78 Å². The topological polar surface area (TPSA) is 34.9 Å². The molecule has 102 valence electrons. The van der Waals surface area contributed by atoms with Crippen LogP contribution in [0.15, 0.2) is 54.2 Å². The first-order valence-corrected chi connectivity index (χ1v) is 7.54. The van der Waals surface area contributed by atoms with Crippen LogP contribution in [0.5, 0.6) is 0 Å². The highest BCUT2D eigenvalue weighted by molar-refractivity contribution is 7.16. The van der Waals surface area contributed by atoms with E-state index < -0.39 is 0 Å². The van der Waals surface area contributed by atoms with Gasteiger partial charge in [0.05, 0.1) is 15.7 Å². The molecule has 21 heavy (non-hydrogen) atoms.